The topological polar surface area (TPSA) is 40.1 Å². The van der Waals surface area contributed by atoms with Crippen LogP contribution in [-0.4, -0.2) is 62.1 Å². The van der Waals surface area contributed by atoms with Gasteiger partial charge in [0, 0.05) is 49.3 Å². The van der Waals surface area contributed by atoms with Crippen LogP contribution in [0.3, 0.4) is 0 Å². The second-order valence-electron chi connectivity index (χ2n) is 7.18. The minimum Gasteiger partial charge on any atom is -0.385 e. The van der Waals surface area contributed by atoms with Crippen molar-refractivity contribution in [2.75, 3.05) is 45.7 Å². The summed E-state index contributed by atoms with van der Waals surface area (Å²) >= 11 is 8.02. The van der Waals surface area contributed by atoms with Gasteiger partial charge in [-0.25, -0.2) is 4.99 Å². The fraction of sp³-hybridized carbons (Fsp3) is 0.450. The summed E-state index contributed by atoms with van der Waals surface area (Å²) in [6.07, 6.45) is 1.02. The van der Waals surface area contributed by atoms with Crippen molar-refractivity contribution in [2.45, 2.75) is 19.4 Å². The summed E-state index contributed by atoms with van der Waals surface area (Å²) in [5.41, 5.74) is 3.08. The molecule has 1 unspecified atom stereocenters. The predicted molar refractivity (Wildman–Crippen MR) is 129 cm³/mol. The molecule has 9 heteroatoms. The van der Waals surface area contributed by atoms with Crippen LogP contribution in [0.25, 0.3) is 0 Å². The Labute approximate surface area is 193 Å². The van der Waals surface area contributed by atoms with Crippen molar-refractivity contribution in [3.63, 3.8) is 0 Å². The standard InChI is InChI=1S/C20H25ClN4OS.2ClH/c1-13-10-16-19(25-8-7-24(2)15(12-25)6-9-26-3)22-18-11-14(21)4-5-17(18)23-20(16)27-13;;/h4-5,10-11,15,23H,6-9,12H2,1-3H3;2*1H. The lowest BCUT2D eigenvalue weighted by molar-refractivity contribution is 0.100. The van der Waals surface area contributed by atoms with E-state index in [9.17, 15) is 0 Å². The number of hydrogen-bond acceptors (Lipinski definition) is 6. The Hall–Kier alpha value is -1.02. The highest BCUT2D eigenvalue weighted by Gasteiger charge is 2.29. The first-order valence-electron chi connectivity index (χ1n) is 9.25. The van der Waals surface area contributed by atoms with Gasteiger partial charge in [-0.15, -0.1) is 36.2 Å². The molecule has 1 aromatic heterocycles. The molecule has 1 aromatic carbocycles. The zero-order valence-corrected chi connectivity index (χ0v) is 20.0. The molecule has 0 bridgehead atoms. The molecule has 3 heterocycles. The first-order chi connectivity index (χ1) is 13.0. The predicted octanol–water partition coefficient (Wildman–Crippen LogP) is 5.34. The van der Waals surface area contributed by atoms with Gasteiger partial charge in [0.2, 0.25) is 0 Å². The van der Waals surface area contributed by atoms with Crippen molar-refractivity contribution in [3.05, 3.63) is 39.7 Å². The number of methoxy groups -OCH3 is 1. The van der Waals surface area contributed by atoms with Crippen LogP contribution in [0.2, 0.25) is 5.02 Å². The smallest absolute Gasteiger partial charge is 0.139 e. The zero-order chi connectivity index (χ0) is 19.0. The maximum atomic E-state index is 6.24. The zero-order valence-electron chi connectivity index (χ0n) is 16.8. The molecule has 2 aromatic rings. The summed E-state index contributed by atoms with van der Waals surface area (Å²) in [7, 11) is 3.96. The van der Waals surface area contributed by atoms with E-state index in [4.69, 9.17) is 21.3 Å². The number of halogens is 3. The van der Waals surface area contributed by atoms with E-state index in [1.165, 1.54) is 10.4 Å². The number of piperazine rings is 1. The van der Waals surface area contributed by atoms with Crippen molar-refractivity contribution in [1.82, 2.24) is 9.80 Å². The maximum absolute atomic E-state index is 6.24. The van der Waals surface area contributed by atoms with Crippen molar-refractivity contribution in [1.29, 1.82) is 0 Å². The van der Waals surface area contributed by atoms with E-state index >= 15 is 0 Å². The lowest BCUT2D eigenvalue weighted by Crippen LogP contribution is -2.53. The van der Waals surface area contributed by atoms with Crippen molar-refractivity contribution in [2.24, 2.45) is 4.99 Å². The van der Waals surface area contributed by atoms with Gasteiger partial charge in [-0.1, -0.05) is 11.6 Å². The first-order valence-corrected chi connectivity index (χ1v) is 10.4. The third kappa shape index (κ3) is 5.19. The molecule has 2 aliphatic rings. The average molecular weight is 478 g/mol. The van der Waals surface area contributed by atoms with Crippen LogP contribution in [0, 0.1) is 6.92 Å². The van der Waals surface area contributed by atoms with Crippen molar-refractivity contribution in [3.8, 4) is 0 Å². The van der Waals surface area contributed by atoms with Gasteiger partial charge >= 0.3 is 0 Å². The molecule has 0 radical (unpaired) electrons. The summed E-state index contributed by atoms with van der Waals surface area (Å²) in [5, 5.41) is 5.42. The third-order valence-electron chi connectivity index (χ3n) is 5.26. The fourth-order valence-electron chi connectivity index (χ4n) is 3.72. The lowest BCUT2D eigenvalue weighted by Gasteiger charge is -2.40. The number of likely N-dealkylation sites (N-methyl/N-ethyl adjacent to an activating group) is 1. The number of aryl methyl sites for hydroxylation is 1. The lowest BCUT2D eigenvalue weighted by atomic mass is 10.1. The van der Waals surface area contributed by atoms with E-state index in [2.05, 4.69) is 35.2 Å². The molecule has 4 rings (SSSR count). The molecular formula is C20H27Cl3N4OS. The van der Waals surface area contributed by atoms with E-state index in [1.54, 1.807) is 18.4 Å². The molecule has 160 valence electrons. The number of fused-ring (bicyclic) bond motifs is 2. The Kier molecular flexibility index (Phi) is 8.64. The van der Waals surface area contributed by atoms with Crippen LogP contribution >= 0.6 is 47.8 Å². The van der Waals surface area contributed by atoms with Crippen LogP contribution in [0.5, 0.6) is 0 Å². The molecule has 29 heavy (non-hydrogen) atoms. The highest BCUT2D eigenvalue weighted by molar-refractivity contribution is 7.16. The molecule has 1 fully saturated rings. The summed E-state index contributed by atoms with van der Waals surface area (Å²) in [6.45, 7) is 5.85. The molecule has 0 amide bonds. The molecule has 0 saturated carbocycles. The van der Waals surface area contributed by atoms with Gasteiger partial charge in [0.25, 0.3) is 0 Å². The van der Waals surface area contributed by atoms with Crippen LogP contribution in [0.15, 0.2) is 29.3 Å². The largest absolute Gasteiger partial charge is 0.385 e. The number of rotatable bonds is 3. The quantitative estimate of drug-likeness (QED) is 0.647. The Morgan fingerprint density at radius 2 is 2.07 bits per heavy atom. The Morgan fingerprint density at radius 3 is 2.83 bits per heavy atom. The number of anilines is 2. The minimum atomic E-state index is 0. The highest BCUT2D eigenvalue weighted by Crippen LogP contribution is 2.40. The van der Waals surface area contributed by atoms with E-state index < -0.39 is 0 Å². The van der Waals surface area contributed by atoms with Gasteiger partial charge in [-0.05, 0) is 44.7 Å². The van der Waals surface area contributed by atoms with E-state index in [0.29, 0.717) is 11.1 Å². The molecule has 0 spiro atoms. The maximum Gasteiger partial charge on any atom is 0.139 e. The Balaban J connectivity index is 0.00000150. The number of thiophene rings is 1. The number of amidine groups is 1. The Morgan fingerprint density at radius 1 is 1.28 bits per heavy atom. The Bertz CT molecular complexity index is 873. The van der Waals surface area contributed by atoms with Crippen LogP contribution in [-0.2, 0) is 4.74 Å². The summed E-state index contributed by atoms with van der Waals surface area (Å²) < 4.78 is 5.31. The van der Waals surface area contributed by atoms with Gasteiger partial charge in [0.1, 0.15) is 10.8 Å². The molecular weight excluding hydrogens is 451 g/mol. The van der Waals surface area contributed by atoms with E-state index in [-0.39, 0.29) is 24.8 Å². The summed E-state index contributed by atoms with van der Waals surface area (Å²) in [4.78, 5) is 11.2. The van der Waals surface area contributed by atoms with Crippen LogP contribution < -0.4 is 5.32 Å². The van der Waals surface area contributed by atoms with E-state index in [1.807, 2.05) is 18.2 Å². The SMILES string of the molecule is COCCC1CN(C2=Nc3cc(Cl)ccc3Nc3sc(C)cc32)CCN1C.Cl.Cl. The van der Waals surface area contributed by atoms with Gasteiger partial charge in [0.05, 0.1) is 16.9 Å². The number of nitrogens with one attached hydrogen (secondary N) is 1. The van der Waals surface area contributed by atoms with Gasteiger partial charge < -0.3 is 15.0 Å². The molecule has 0 aliphatic carbocycles. The summed E-state index contributed by atoms with van der Waals surface area (Å²) in [5.74, 6) is 1.04. The van der Waals surface area contributed by atoms with Crippen molar-refractivity contribution >= 4 is 70.0 Å². The van der Waals surface area contributed by atoms with Crippen molar-refractivity contribution < 1.29 is 4.74 Å². The average Bonchev–Trinajstić information content (AvgIpc) is 2.94. The molecule has 1 atom stereocenters. The third-order valence-corrected chi connectivity index (χ3v) is 6.46. The van der Waals surface area contributed by atoms with Gasteiger partial charge in [-0.2, -0.15) is 0 Å². The second-order valence-corrected chi connectivity index (χ2v) is 8.88. The summed E-state index contributed by atoms with van der Waals surface area (Å²) in [6, 6.07) is 8.55. The number of nitrogens with zero attached hydrogens (tertiary/aromatic N) is 3. The number of benzene rings is 1. The van der Waals surface area contributed by atoms with Crippen LogP contribution in [0.1, 0.15) is 16.9 Å². The van der Waals surface area contributed by atoms with E-state index in [0.717, 1.165) is 54.9 Å². The molecule has 2 aliphatic heterocycles. The molecule has 1 saturated heterocycles. The number of ether oxygens (including phenoxy) is 1. The highest BCUT2D eigenvalue weighted by atomic mass is 35.5. The molecule has 1 N–H and O–H groups in total. The molecule has 5 nitrogen and oxygen atoms in total. The number of hydrogen-bond donors (Lipinski definition) is 1. The monoisotopic (exact) mass is 476 g/mol. The van der Waals surface area contributed by atoms with Gasteiger partial charge in [-0.3, -0.25) is 4.90 Å². The van der Waals surface area contributed by atoms with Crippen LogP contribution in [0.4, 0.5) is 16.4 Å². The minimum absolute atomic E-state index is 0. The normalized spacial score (nSPS) is 18.4. The van der Waals surface area contributed by atoms with Gasteiger partial charge in [0.15, 0.2) is 0 Å². The number of aliphatic imine (C=N–C) groups is 1. The second kappa shape index (κ2) is 10.3. The first kappa shape index (κ1) is 24.3. The fourth-order valence-corrected chi connectivity index (χ4v) is 4.80.